The molecule has 0 saturated heterocycles. The summed E-state index contributed by atoms with van der Waals surface area (Å²) in [6, 6.07) is 0. The molecule has 1 heterocycles. The van der Waals surface area contributed by atoms with Crippen molar-refractivity contribution in [3.63, 3.8) is 0 Å². The first kappa shape index (κ1) is 13.6. The molecule has 16 heavy (non-hydrogen) atoms. The smallest absolute Gasteiger partial charge is 0.0213 e. The van der Waals surface area contributed by atoms with E-state index in [2.05, 4.69) is 60.7 Å². The summed E-state index contributed by atoms with van der Waals surface area (Å²) in [6.45, 7) is 19.8. The summed E-state index contributed by atoms with van der Waals surface area (Å²) in [4.78, 5) is 0. The van der Waals surface area contributed by atoms with Crippen molar-refractivity contribution in [1.82, 2.24) is 5.32 Å². The van der Waals surface area contributed by atoms with Crippen LogP contribution in [0.25, 0.3) is 0 Å². The summed E-state index contributed by atoms with van der Waals surface area (Å²) in [5.41, 5.74) is 3.65. The lowest BCUT2D eigenvalue weighted by molar-refractivity contribution is 0.367. The van der Waals surface area contributed by atoms with Gasteiger partial charge in [0.1, 0.15) is 0 Å². The van der Waals surface area contributed by atoms with Gasteiger partial charge in [-0.1, -0.05) is 55.4 Å². The second-order valence-electron chi connectivity index (χ2n) is 7.52. The van der Waals surface area contributed by atoms with E-state index >= 15 is 0 Å². The van der Waals surface area contributed by atoms with Crippen LogP contribution in [0.2, 0.25) is 0 Å². The lowest BCUT2D eigenvalue weighted by Gasteiger charge is -2.32. The first-order chi connectivity index (χ1) is 7.05. The van der Waals surface area contributed by atoms with Crippen molar-refractivity contribution < 1.29 is 0 Å². The fraction of sp³-hybridized carbons (Fsp3) is 0.867. The van der Waals surface area contributed by atoms with E-state index in [0.717, 1.165) is 12.5 Å². The Kier molecular flexibility index (Phi) is 3.47. The summed E-state index contributed by atoms with van der Waals surface area (Å²) in [6.07, 6.45) is 0. The summed E-state index contributed by atoms with van der Waals surface area (Å²) in [5.74, 6) is 1.43. The normalized spacial score (nSPS) is 22.9. The fourth-order valence-electron chi connectivity index (χ4n) is 2.76. The second-order valence-corrected chi connectivity index (χ2v) is 7.52. The van der Waals surface area contributed by atoms with Gasteiger partial charge in [-0.15, -0.1) is 0 Å². The zero-order valence-corrected chi connectivity index (χ0v) is 12.4. The minimum atomic E-state index is 0.242. The topological polar surface area (TPSA) is 12.0 Å². The van der Waals surface area contributed by atoms with Crippen LogP contribution in [0.3, 0.4) is 0 Å². The highest BCUT2D eigenvalue weighted by Gasteiger charge is 2.38. The molecule has 1 heteroatoms. The van der Waals surface area contributed by atoms with E-state index in [4.69, 9.17) is 0 Å². The molecular formula is C15H29N. The molecule has 0 saturated carbocycles. The van der Waals surface area contributed by atoms with E-state index in [1.807, 2.05) is 0 Å². The minimum Gasteiger partial charge on any atom is -0.387 e. The Hall–Kier alpha value is -0.460. The van der Waals surface area contributed by atoms with Crippen LogP contribution in [-0.2, 0) is 0 Å². The zero-order valence-electron chi connectivity index (χ0n) is 12.4. The van der Waals surface area contributed by atoms with Crippen molar-refractivity contribution >= 4 is 0 Å². The molecule has 0 fully saturated rings. The van der Waals surface area contributed by atoms with Gasteiger partial charge < -0.3 is 5.32 Å². The Morgan fingerprint density at radius 2 is 1.50 bits per heavy atom. The SMILES string of the molecule is CC(C)C1CNC(C(C)(C)C)=C1C(C)(C)C. The molecule has 1 aliphatic rings. The van der Waals surface area contributed by atoms with Crippen molar-refractivity contribution in [2.75, 3.05) is 6.54 Å². The van der Waals surface area contributed by atoms with Crippen LogP contribution in [-0.4, -0.2) is 6.54 Å². The fourth-order valence-corrected chi connectivity index (χ4v) is 2.76. The molecule has 1 rings (SSSR count). The Morgan fingerprint density at radius 3 is 1.81 bits per heavy atom. The van der Waals surface area contributed by atoms with E-state index in [-0.39, 0.29) is 10.8 Å². The van der Waals surface area contributed by atoms with Crippen LogP contribution < -0.4 is 5.32 Å². The number of hydrogen-bond donors (Lipinski definition) is 1. The van der Waals surface area contributed by atoms with Gasteiger partial charge in [0.05, 0.1) is 0 Å². The molecular weight excluding hydrogens is 194 g/mol. The number of nitrogens with one attached hydrogen (secondary N) is 1. The number of rotatable bonds is 1. The van der Waals surface area contributed by atoms with Crippen LogP contribution in [0.5, 0.6) is 0 Å². The van der Waals surface area contributed by atoms with E-state index in [1.54, 1.807) is 5.57 Å². The predicted molar refractivity (Wildman–Crippen MR) is 72.3 cm³/mol. The molecule has 1 nitrogen and oxygen atoms in total. The van der Waals surface area contributed by atoms with Crippen molar-refractivity contribution in [2.45, 2.75) is 55.4 Å². The van der Waals surface area contributed by atoms with Crippen LogP contribution in [0.1, 0.15) is 55.4 Å². The van der Waals surface area contributed by atoms with E-state index < -0.39 is 0 Å². The summed E-state index contributed by atoms with van der Waals surface area (Å²) >= 11 is 0. The third-order valence-electron chi connectivity index (χ3n) is 3.50. The standard InChI is InChI=1S/C15H29N/c1-10(2)11-9-16-13(15(6,7)8)12(11)14(3,4)5/h10-11,16H,9H2,1-8H3. The van der Waals surface area contributed by atoms with Crippen LogP contribution in [0.4, 0.5) is 0 Å². The van der Waals surface area contributed by atoms with Gasteiger partial charge >= 0.3 is 0 Å². The maximum atomic E-state index is 3.66. The highest BCUT2D eigenvalue weighted by atomic mass is 14.9. The lowest BCUT2D eigenvalue weighted by Crippen LogP contribution is -2.23. The molecule has 0 radical (unpaired) electrons. The monoisotopic (exact) mass is 223 g/mol. The molecule has 0 spiro atoms. The summed E-state index contributed by atoms with van der Waals surface area (Å²) in [5, 5.41) is 3.66. The highest BCUT2D eigenvalue weighted by molar-refractivity contribution is 5.31. The maximum absolute atomic E-state index is 3.66. The van der Waals surface area contributed by atoms with Crippen molar-refractivity contribution in [2.24, 2.45) is 22.7 Å². The molecule has 1 unspecified atom stereocenters. The van der Waals surface area contributed by atoms with E-state index in [0.29, 0.717) is 5.92 Å². The average Bonchev–Trinajstić information content (AvgIpc) is 2.43. The minimum absolute atomic E-state index is 0.242. The molecule has 1 N–H and O–H groups in total. The maximum Gasteiger partial charge on any atom is 0.0213 e. The second kappa shape index (κ2) is 4.09. The predicted octanol–water partition coefficient (Wildman–Crippen LogP) is 4.21. The third-order valence-corrected chi connectivity index (χ3v) is 3.50. The molecule has 1 atom stereocenters. The lowest BCUT2D eigenvalue weighted by atomic mass is 9.72. The van der Waals surface area contributed by atoms with Crippen LogP contribution in [0, 0.1) is 22.7 Å². The first-order valence-electron chi connectivity index (χ1n) is 6.54. The Balaban J connectivity index is 3.23. The first-order valence-corrected chi connectivity index (χ1v) is 6.54. The van der Waals surface area contributed by atoms with Crippen LogP contribution >= 0.6 is 0 Å². The van der Waals surface area contributed by atoms with Gasteiger partial charge in [-0.3, -0.25) is 0 Å². The Labute approximate surface area is 102 Å². The van der Waals surface area contributed by atoms with E-state index in [9.17, 15) is 0 Å². The molecule has 94 valence electrons. The molecule has 0 aromatic heterocycles. The van der Waals surface area contributed by atoms with Crippen molar-refractivity contribution in [3.05, 3.63) is 11.3 Å². The van der Waals surface area contributed by atoms with Gasteiger partial charge in [-0.2, -0.15) is 0 Å². The highest BCUT2D eigenvalue weighted by Crippen LogP contribution is 2.44. The van der Waals surface area contributed by atoms with Gasteiger partial charge in [0.15, 0.2) is 0 Å². The third kappa shape index (κ3) is 2.61. The molecule has 1 aliphatic heterocycles. The zero-order chi connectivity index (χ0) is 12.7. The summed E-state index contributed by atoms with van der Waals surface area (Å²) < 4.78 is 0. The molecule has 0 amide bonds. The Bertz CT molecular complexity index is 284. The van der Waals surface area contributed by atoms with Gasteiger partial charge in [0, 0.05) is 23.6 Å². The molecule has 0 bridgehead atoms. The largest absolute Gasteiger partial charge is 0.387 e. The molecule has 0 aliphatic carbocycles. The Morgan fingerprint density at radius 1 is 1.00 bits per heavy atom. The molecule has 0 aromatic carbocycles. The average molecular weight is 223 g/mol. The van der Waals surface area contributed by atoms with Crippen molar-refractivity contribution in [1.29, 1.82) is 0 Å². The number of allylic oxidation sites excluding steroid dienone is 1. The van der Waals surface area contributed by atoms with Gasteiger partial charge in [-0.05, 0) is 16.9 Å². The van der Waals surface area contributed by atoms with Gasteiger partial charge in [0.2, 0.25) is 0 Å². The van der Waals surface area contributed by atoms with Gasteiger partial charge in [0.25, 0.3) is 0 Å². The quantitative estimate of drug-likeness (QED) is 0.702. The van der Waals surface area contributed by atoms with Crippen LogP contribution in [0.15, 0.2) is 11.3 Å². The van der Waals surface area contributed by atoms with Crippen molar-refractivity contribution in [3.8, 4) is 0 Å². The molecule has 0 aromatic rings. The van der Waals surface area contributed by atoms with E-state index in [1.165, 1.54) is 5.70 Å². The number of hydrogen-bond acceptors (Lipinski definition) is 1. The summed E-state index contributed by atoms with van der Waals surface area (Å²) in [7, 11) is 0. The van der Waals surface area contributed by atoms with Gasteiger partial charge in [-0.25, -0.2) is 0 Å².